The number of hydrogen-bond acceptors (Lipinski definition) is 7. The van der Waals surface area contributed by atoms with E-state index in [2.05, 4.69) is 15.3 Å². The largest absolute Gasteiger partial charge is 0.490 e. The lowest BCUT2D eigenvalue weighted by atomic mass is 9.86. The first kappa shape index (κ1) is 30.1. The van der Waals surface area contributed by atoms with Crippen LogP contribution in [0.15, 0.2) is 28.2 Å². The number of rotatable bonds is 4. The molecule has 1 unspecified atom stereocenters. The lowest BCUT2D eigenvalue weighted by Crippen LogP contribution is -2.31. The molecule has 0 radical (unpaired) electrons. The number of carboxylic acids is 2. The van der Waals surface area contributed by atoms with Crippen molar-refractivity contribution in [1.29, 1.82) is 0 Å². The molecule has 2 aliphatic rings. The molecule has 0 aliphatic carbocycles. The molecule has 1 amide bonds. The zero-order valence-electron chi connectivity index (χ0n) is 19.3. The third-order valence-corrected chi connectivity index (χ3v) is 6.21. The van der Waals surface area contributed by atoms with Gasteiger partial charge in [0.05, 0.1) is 30.1 Å². The van der Waals surface area contributed by atoms with Gasteiger partial charge >= 0.3 is 24.3 Å². The zero-order valence-corrected chi connectivity index (χ0v) is 20.1. The number of amides is 1. The van der Waals surface area contributed by atoms with Crippen LogP contribution in [0.1, 0.15) is 29.3 Å². The number of aliphatic carboxylic acids is 2. The number of furan rings is 1. The molecular formula is C21H23F6N3O6S. The number of alkyl halides is 6. The number of nitrogens with zero attached hydrogens (tertiary/aromatic N) is 3. The summed E-state index contributed by atoms with van der Waals surface area (Å²) in [6.07, 6.45) is -6.69. The van der Waals surface area contributed by atoms with Crippen LogP contribution in [0.3, 0.4) is 0 Å². The van der Waals surface area contributed by atoms with Gasteiger partial charge in [-0.3, -0.25) is 9.69 Å². The van der Waals surface area contributed by atoms with Crippen LogP contribution in [0.4, 0.5) is 26.3 Å². The first-order chi connectivity index (χ1) is 17.0. The standard InChI is InChI=1S/C17H21N3O2S.2C2HF3O2/c1-13-18-14(10-23-13)8-20-12-17(7-16(20)21)4-5-19(11-17)9-15-3-2-6-22-15;2*3-2(4,5)1(6)7/h2-3,6,10H,4-5,7-9,11-12H2,1H3;2*(H,6,7). The molecule has 2 aromatic heterocycles. The molecule has 0 aromatic carbocycles. The SMILES string of the molecule is Cc1nc(CN2CC3(CCN(Cc4ccco4)C3)CC2=O)cs1.O=C(O)C(F)(F)F.O=C(O)C(F)(F)F. The van der Waals surface area contributed by atoms with Gasteiger partial charge in [0.25, 0.3) is 0 Å². The molecular weight excluding hydrogens is 536 g/mol. The van der Waals surface area contributed by atoms with Gasteiger partial charge in [-0.05, 0) is 32.0 Å². The lowest BCUT2D eigenvalue weighted by Gasteiger charge is -2.23. The van der Waals surface area contributed by atoms with Crippen LogP contribution < -0.4 is 0 Å². The third kappa shape index (κ3) is 9.35. The van der Waals surface area contributed by atoms with Gasteiger partial charge in [0, 0.05) is 30.3 Å². The lowest BCUT2D eigenvalue weighted by molar-refractivity contribution is -0.193. The average molecular weight is 559 g/mol. The van der Waals surface area contributed by atoms with Gasteiger partial charge in [0.1, 0.15) is 5.76 Å². The summed E-state index contributed by atoms with van der Waals surface area (Å²) in [5.74, 6) is -4.24. The summed E-state index contributed by atoms with van der Waals surface area (Å²) in [6, 6.07) is 3.94. The van der Waals surface area contributed by atoms with Gasteiger partial charge in [-0.2, -0.15) is 26.3 Å². The van der Waals surface area contributed by atoms with Crippen LogP contribution in [0.5, 0.6) is 0 Å². The van der Waals surface area contributed by atoms with E-state index in [-0.39, 0.29) is 11.3 Å². The number of carbonyl (C=O) groups excluding carboxylic acids is 1. The maximum Gasteiger partial charge on any atom is 0.490 e. The molecule has 0 bridgehead atoms. The summed E-state index contributed by atoms with van der Waals surface area (Å²) in [5.41, 5.74) is 1.14. The molecule has 0 saturated carbocycles. The molecule has 2 aromatic rings. The van der Waals surface area contributed by atoms with Crippen molar-refractivity contribution < 1.29 is 55.4 Å². The monoisotopic (exact) mass is 559 g/mol. The van der Waals surface area contributed by atoms with E-state index in [1.165, 1.54) is 0 Å². The molecule has 2 N–H and O–H groups in total. The number of hydrogen-bond donors (Lipinski definition) is 2. The summed E-state index contributed by atoms with van der Waals surface area (Å²) in [7, 11) is 0. The molecule has 4 heterocycles. The predicted octanol–water partition coefficient (Wildman–Crippen LogP) is 3.94. The summed E-state index contributed by atoms with van der Waals surface area (Å²) < 4.78 is 68.9. The molecule has 9 nitrogen and oxygen atoms in total. The molecule has 16 heteroatoms. The fourth-order valence-corrected chi connectivity index (χ4v) is 4.46. The minimum absolute atomic E-state index is 0.120. The Morgan fingerprint density at radius 2 is 1.70 bits per heavy atom. The second kappa shape index (κ2) is 11.9. The highest BCUT2D eigenvalue weighted by molar-refractivity contribution is 7.09. The van der Waals surface area contributed by atoms with Crippen LogP contribution in [-0.2, 0) is 27.5 Å². The molecule has 4 rings (SSSR count). The van der Waals surface area contributed by atoms with Crippen molar-refractivity contribution in [3.05, 3.63) is 40.2 Å². The Hall–Kier alpha value is -3.14. The number of thiazole rings is 1. The predicted molar refractivity (Wildman–Crippen MR) is 115 cm³/mol. The Kier molecular flexibility index (Phi) is 9.71. The second-order valence-electron chi connectivity index (χ2n) is 8.43. The zero-order chi connectivity index (χ0) is 28.0. The van der Waals surface area contributed by atoms with E-state index in [4.69, 9.17) is 24.2 Å². The van der Waals surface area contributed by atoms with E-state index < -0.39 is 24.3 Å². The highest BCUT2D eigenvalue weighted by Gasteiger charge is 2.47. The summed E-state index contributed by atoms with van der Waals surface area (Å²) in [5, 5.41) is 17.4. The van der Waals surface area contributed by atoms with E-state index in [9.17, 15) is 31.1 Å². The number of aryl methyl sites for hydroxylation is 1. The first-order valence-electron chi connectivity index (χ1n) is 10.5. The fraction of sp³-hybridized carbons (Fsp3) is 0.524. The van der Waals surface area contributed by atoms with Crippen LogP contribution in [0, 0.1) is 12.3 Å². The summed E-state index contributed by atoms with van der Waals surface area (Å²) in [6.45, 7) is 6.38. The van der Waals surface area contributed by atoms with Gasteiger partial charge < -0.3 is 19.5 Å². The third-order valence-electron chi connectivity index (χ3n) is 5.39. The Bertz CT molecular complexity index is 1050. The highest BCUT2D eigenvalue weighted by atomic mass is 32.1. The Morgan fingerprint density at radius 3 is 2.16 bits per heavy atom. The van der Waals surface area contributed by atoms with Crippen molar-refractivity contribution in [3.63, 3.8) is 0 Å². The number of aromatic nitrogens is 1. The van der Waals surface area contributed by atoms with Gasteiger partial charge in [-0.15, -0.1) is 11.3 Å². The molecule has 37 heavy (non-hydrogen) atoms. The minimum Gasteiger partial charge on any atom is -0.475 e. The molecule has 1 atom stereocenters. The normalized spacial score (nSPS) is 19.9. The van der Waals surface area contributed by atoms with Crippen molar-refractivity contribution in [2.45, 2.75) is 45.2 Å². The van der Waals surface area contributed by atoms with Gasteiger partial charge in [0.15, 0.2) is 0 Å². The Labute approximate surface area is 210 Å². The van der Waals surface area contributed by atoms with E-state index in [1.807, 2.05) is 24.0 Å². The topological polar surface area (TPSA) is 124 Å². The van der Waals surface area contributed by atoms with Crippen LogP contribution in [0.2, 0.25) is 0 Å². The maximum absolute atomic E-state index is 12.4. The van der Waals surface area contributed by atoms with Crippen molar-refractivity contribution in [2.75, 3.05) is 19.6 Å². The second-order valence-corrected chi connectivity index (χ2v) is 9.49. The Morgan fingerprint density at radius 1 is 1.11 bits per heavy atom. The van der Waals surface area contributed by atoms with E-state index in [1.54, 1.807) is 17.6 Å². The average Bonchev–Trinajstić information content (AvgIpc) is 3.54. The van der Waals surface area contributed by atoms with E-state index in [0.29, 0.717) is 13.0 Å². The van der Waals surface area contributed by atoms with Crippen molar-refractivity contribution in [3.8, 4) is 0 Å². The van der Waals surface area contributed by atoms with Crippen LogP contribution in [-0.4, -0.2) is 74.8 Å². The Balaban J connectivity index is 0.000000286. The molecule has 2 fully saturated rings. The quantitative estimate of drug-likeness (QED) is 0.540. The molecule has 2 aliphatic heterocycles. The van der Waals surface area contributed by atoms with Crippen molar-refractivity contribution in [2.24, 2.45) is 5.41 Å². The smallest absolute Gasteiger partial charge is 0.475 e. The molecule has 2 saturated heterocycles. The van der Waals surface area contributed by atoms with Gasteiger partial charge in [0.2, 0.25) is 5.91 Å². The summed E-state index contributed by atoms with van der Waals surface area (Å²) >= 11 is 1.65. The number of likely N-dealkylation sites (tertiary alicyclic amines) is 2. The van der Waals surface area contributed by atoms with Gasteiger partial charge in [-0.25, -0.2) is 14.6 Å². The first-order valence-corrected chi connectivity index (χ1v) is 11.4. The van der Waals surface area contributed by atoms with Crippen molar-refractivity contribution >= 4 is 29.2 Å². The minimum atomic E-state index is -5.08. The molecule has 1 spiro atoms. The van der Waals surface area contributed by atoms with Crippen LogP contribution in [0.25, 0.3) is 0 Å². The van der Waals surface area contributed by atoms with Gasteiger partial charge in [-0.1, -0.05) is 0 Å². The highest BCUT2D eigenvalue weighted by Crippen LogP contribution is 2.41. The van der Waals surface area contributed by atoms with Crippen molar-refractivity contribution in [1.82, 2.24) is 14.8 Å². The number of carbonyl (C=O) groups is 3. The summed E-state index contributed by atoms with van der Waals surface area (Å²) in [4.78, 5) is 39.1. The maximum atomic E-state index is 12.4. The number of carboxylic acid groups (broad SMARTS) is 2. The van der Waals surface area contributed by atoms with E-state index >= 15 is 0 Å². The fourth-order valence-electron chi connectivity index (χ4n) is 3.86. The van der Waals surface area contributed by atoms with E-state index in [0.717, 1.165) is 49.1 Å². The van der Waals surface area contributed by atoms with Crippen LogP contribution >= 0.6 is 11.3 Å². The molecule has 206 valence electrons. The number of halogens is 6.